The van der Waals surface area contributed by atoms with E-state index in [1.807, 2.05) is 0 Å². The van der Waals surface area contributed by atoms with Gasteiger partial charge in [-0.2, -0.15) is 0 Å². The third-order valence-electron chi connectivity index (χ3n) is 1.48. The summed E-state index contributed by atoms with van der Waals surface area (Å²) in [7, 11) is 0. The number of rotatable bonds is 4. The number of nitrogens with one attached hydrogen (secondary N) is 1. The van der Waals surface area contributed by atoms with Crippen molar-refractivity contribution in [1.82, 2.24) is 5.48 Å². The fourth-order valence-electron chi connectivity index (χ4n) is 0.699. The highest BCUT2D eigenvalue weighted by Gasteiger charge is 2.20. The summed E-state index contributed by atoms with van der Waals surface area (Å²) in [5.74, 6) is -2.40. The molecule has 0 radical (unpaired) electrons. The van der Waals surface area contributed by atoms with Gasteiger partial charge in [-0.25, -0.2) is 5.48 Å². The van der Waals surface area contributed by atoms with Crippen molar-refractivity contribution < 1.29 is 19.9 Å². The molecule has 0 fully saturated rings. The maximum absolute atomic E-state index is 10.7. The zero-order chi connectivity index (χ0) is 9.72. The number of aliphatic carboxylic acids is 1. The van der Waals surface area contributed by atoms with Gasteiger partial charge in [0.2, 0.25) is 5.91 Å². The fourth-order valence-corrected chi connectivity index (χ4v) is 0.699. The molecule has 0 aliphatic heterocycles. The Morgan fingerprint density at radius 2 is 2.08 bits per heavy atom. The summed E-state index contributed by atoms with van der Waals surface area (Å²) in [6.07, 6.45) is 0.00171. The molecular weight excluding hydrogens is 164 g/mol. The first-order chi connectivity index (χ1) is 5.49. The predicted octanol–water partition coefficient (Wildman–Crippen LogP) is -1.07. The Kier molecular flexibility index (Phi) is 4.24. The number of nitrogens with two attached hydrogens (primary N) is 1. The van der Waals surface area contributed by atoms with Crippen molar-refractivity contribution >= 4 is 11.9 Å². The molecule has 0 aliphatic rings. The third-order valence-corrected chi connectivity index (χ3v) is 1.48. The summed E-state index contributed by atoms with van der Waals surface area (Å²) in [5, 5.41) is 16.5. The highest BCUT2D eigenvalue weighted by atomic mass is 16.5. The number of carbonyl (C=O) groups excluding carboxylic acids is 1. The maximum Gasteiger partial charge on any atom is 0.320 e. The second-order valence-corrected chi connectivity index (χ2v) is 2.56. The SMILES string of the molecule is CC(C[C@H](N)C(=O)O)C(=O)NO. The molecule has 0 spiro atoms. The topological polar surface area (TPSA) is 113 Å². The van der Waals surface area contributed by atoms with Crippen molar-refractivity contribution in [1.29, 1.82) is 0 Å². The Bertz CT molecular complexity index is 182. The molecule has 0 aromatic rings. The minimum atomic E-state index is -1.16. The molecule has 1 amide bonds. The van der Waals surface area contributed by atoms with E-state index in [1.54, 1.807) is 0 Å². The predicted molar refractivity (Wildman–Crippen MR) is 39.3 cm³/mol. The summed E-state index contributed by atoms with van der Waals surface area (Å²) < 4.78 is 0. The van der Waals surface area contributed by atoms with Crippen LogP contribution in [-0.2, 0) is 9.59 Å². The molecule has 5 N–H and O–H groups in total. The molecule has 0 aliphatic carbocycles. The van der Waals surface area contributed by atoms with Gasteiger partial charge in [0.15, 0.2) is 0 Å². The molecule has 12 heavy (non-hydrogen) atoms. The second-order valence-electron chi connectivity index (χ2n) is 2.56. The number of carboxylic acid groups (broad SMARTS) is 1. The van der Waals surface area contributed by atoms with Gasteiger partial charge in [0.1, 0.15) is 6.04 Å². The molecule has 0 saturated carbocycles. The van der Waals surface area contributed by atoms with Crippen molar-refractivity contribution in [2.75, 3.05) is 0 Å². The van der Waals surface area contributed by atoms with E-state index in [1.165, 1.54) is 12.4 Å². The molecular formula is C6H12N2O4. The molecule has 0 aromatic heterocycles. The standard InChI is InChI=1S/C6H12N2O4/c1-3(5(9)8-12)2-4(7)6(10)11/h3-4,12H,2,7H2,1H3,(H,8,9)(H,10,11)/t3?,4-/m0/s1. The van der Waals surface area contributed by atoms with Gasteiger partial charge in [-0.1, -0.05) is 6.92 Å². The molecule has 0 saturated heterocycles. The monoisotopic (exact) mass is 176 g/mol. The van der Waals surface area contributed by atoms with Crippen molar-refractivity contribution in [2.45, 2.75) is 19.4 Å². The molecule has 70 valence electrons. The van der Waals surface area contributed by atoms with Crippen LogP contribution in [0, 0.1) is 5.92 Å². The third kappa shape index (κ3) is 3.31. The van der Waals surface area contributed by atoms with Gasteiger partial charge in [-0.05, 0) is 6.42 Å². The number of carbonyl (C=O) groups is 2. The van der Waals surface area contributed by atoms with E-state index >= 15 is 0 Å². The van der Waals surface area contributed by atoms with E-state index < -0.39 is 23.8 Å². The zero-order valence-corrected chi connectivity index (χ0v) is 6.65. The van der Waals surface area contributed by atoms with Crippen LogP contribution in [0.25, 0.3) is 0 Å². The van der Waals surface area contributed by atoms with Crippen LogP contribution in [0.5, 0.6) is 0 Å². The number of carboxylic acids is 1. The normalized spacial score (nSPS) is 14.9. The number of amides is 1. The highest BCUT2D eigenvalue weighted by Crippen LogP contribution is 2.04. The first-order valence-corrected chi connectivity index (χ1v) is 3.41. The summed E-state index contributed by atoms with van der Waals surface area (Å²) in [4.78, 5) is 20.9. The fraction of sp³-hybridized carbons (Fsp3) is 0.667. The molecule has 1 unspecified atom stereocenters. The zero-order valence-electron chi connectivity index (χ0n) is 6.65. The van der Waals surface area contributed by atoms with Gasteiger partial charge in [0.05, 0.1) is 0 Å². The average molecular weight is 176 g/mol. The smallest absolute Gasteiger partial charge is 0.320 e. The number of hydrogen-bond acceptors (Lipinski definition) is 4. The van der Waals surface area contributed by atoms with E-state index in [2.05, 4.69) is 0 Å². The van der Waals surface area contributed by atoms with Gasteiger partial charge in [-0.3, -0.25) is 14.8 Å². The lowest BCUT2D eigenvalue weighted by Gasteiger charge is -2.11. The van der Waals surface area contributed by atoms with Gasteiger partial charge in [-0.15, -0.1) is 0 Å². The largest absolute Gasteiger partial charge is 0.480 e. The van der Waals surface area contributed by atoms with Crippen LogP contribution in [0.1, 0.15) is 13.3 Å². The molecule has 6 nitrogen and oxygen atoms in total. The lowest BCUT2D eigenvalue weighted by Crippen LogP contribution is -2.36. The summed E-state index contributed by atoms with van der Waals surface area (Å²) in [6, 6.07) is -1.07. The van der Waals surface area contributed by atoms with Crippen LogP contribution in [0.2, 0.25) is 0 Å². The summed E-state index contributed by atoms with van der Waals surface area (Å²) in [6.45, 7) is 1.48. The summed E-state index contributed by atoms with van der Waals surface area (Å²) in [5.41, 5.74) is 6.57. The average Bonchev–Trinajstić information content (AvgIpc) is 2.02. The minimum absolute atomic E-state index is 0.00171. The Balaban J connectivity index is 3.91. The molecule has 0 rings (SSSR count). The van der Waals surface area contributed by atoms with Gasteiger partial charge >= 0.3 is 5.97 Å². The van der Waals surface area contributed by atoms with Crippen molar-refractivity contribution in [3.63, 3.8) is 0 Å². The Morgan fingerprint density at radius 3 is 2.42 bits per heavy atom. The lowest BCUT2D eigenvalue weighted by molar-refractivity contribution is -0.139. The van der Waals surface area contributed by atoms with Crippen molar-refractivity contribution in [3.8, 4) is 0 Å². The number of hydroxylamine groups is 1. The lowest BCUT2D eigenvalue weighted by atomic mass is 10.0. The van der Waals surface area contributed by atoms with Crippen LogP contribution >= 0.6 is 0 Å². The molecule has 0 heterocycles. The highest BCUT2D eigenvalue weighted by molar-refractivity contribution is 5.79. The van der Waals surface area contributed by atoms with E-state index in [0.29, 0.717) is 0 Å². The first-order valence-electron chi connectivity index (χ1n) is 3.41. The van der Waals surface area contributed by atoms with E-state index in [0.717, 1.165) is 0 Å². The Morgan fingerprint density at radius 1 is 1.58 bits per heavy atom. The van der Waals surface area contributed by atoms with Crippen molar-refractivity contribution in [2.24, 2.45) is 11.7 Å². The summed E-state index contributed by atoms with van der Waals surface area (Å²) >= 11 is 0. The van der Waals surface area contributed by atoms with E-state index in [9.17, 15) is 9.59 Å². The van der Waals surface area contributed by atoms with Crippen LogP contribution in [-0.4, -0.2) is 28.2 Å². The van der Waals surface area contributed by atoms with Crippen molar-refractivity contribution in [3.05, 3.63) is 0 Å². The molecule has 2 atom stereocenters. The number of hydrogen-bond donors (Lipinski definition) is 4. The van der Waals surface area contributed by atoms with E-state index in [-0.39, 0.29) is 6.42 Å². The Labute approximate surface area is 69.3 Å². The molecule has 0 aromatic carbocycles. The van der Waals surface area contributed by atoms with Gasteiger partial charge in [0.25, 0.3) is 0 Å². The Hall–Kier alpha value is -1.14. The molecule has 0 bridgehead atoms. The van der Waals surface area contributed by atoms with Crippen LogP contribution in [0.3, 0.4) is 0 Å². The van der Waals surface area contributed by atoms with E-state index in [4.69, 9.17) is 16.0 Å². The first kappa shape index (κ1) is 10.9. The molecule has 6 heteroatoms. The van der Waals surface area contributed by atoms with Crippen LogP contribution in [0.4, 0.5) is 0 Å². The second kappa shape index (κ2) is 4.68. The minimum Gasteiger partial charge on any atom is -0.480 e. The quantitative estimate of drug-likeness (QED) is 0.322. The van der Waals surface area contributed by atoms with Gasteiger partial charge < -0.3 is 10.8 Å². The van der Waals surface area contributed by atoms with Crippen LogP contribution in [0.15, 0.2) is 0 Å². The van der Waals surface area contributed by atoms with Gasteiger partial charge in [0, 0.05) is 5.92 Å². The maximum atomic E-state index is 10.7. The van der Waals surface area contributed by atoms with Crippen LogP contribution < -0.4 is 11.2 Å².